The highest BCUT2D eigenvalue weighted by atomic mass is 16.7. The van der Waals surface area contributed by atoms with E-state index in [4.69, 9.17) is 23.7 Å². The van der Waals surface area contributed by atoms with Crippen molar-refractivity contribution in [3.05, 3.63) is 83.1 Å². The second-order valence-electron chi connectivity index (χ2n) is 6.83. The number of methoxy groups -OCH3 is 1. The molecule has 7 heteroatoms. The minimum Gasteiger partial charge on any atom is -0.497 e. The Morgan fingerprint density at radius 2 is 1.68 bits per heavy atom. The molecule has 5 rings (SSSR count). The molecule has 0 unspecified atom stereocenters. The van der Waals surface area contributed by atoms with Gasteiger partial charge < -0.3 is 23.7 Å². The van der Waals surface area contributed by atoms with Crippen molar-refractivity contribution in [3.63, 3.8) is 0 Å². The van der Waals surface area contributed by atoms with Gasteiger partial charge in [-0.2, -0.15) is 0 Å². The molecule has 0 saturated heterocycles. The number of rotatable bonds is 4. The van der Waals surface area contributed by atoms with Crippen LogP contribution in [-0.4, -0.2) is 25.7 Å². The van der Waals surface area contributed by atoms with E-state index in [2.05, 4.69) is 0 Å². The quantitative estimate of drug-likeness (QED) is 0.357. The molecule has 0 aromatic heterocycles. The largest absolute Gasteiger partial charge is 0.497 e. The Labute approximate surface area is 177 Å². The van der Waals surface area contributed by atoms with Crippen LogP contribution >= 0.6 is 0 Å². The normalized spacial score (nSPS) is 14.9. The van der Waals surface area contributed by atoms with Crippen molar-refractivity contribution in [2.75, 3.05) is 13.9 Å². The van der Waals surface area contributed by atoms with Crippen molar-refractivity contribution < 1.29 is 33.3 Å². The number of hydrogen-bond acceptors (Lipinski definition) is 7. The molecule has 2 aliphatic rings. The first-order valence-electron chi connectivity index (χ1n) is 9.45. The van der Waals surface area contributed by atoms with Gasteiger partial charge in [0.15, 0.2) is 17.3 Å². The molecule has 0 amide bonds. The van der Waals surface area contributed by atoms with E-state index in [-0.39, 0.29) is 24.1 Å². The molecule has 154 valence electrons. The number of benzene rings is 3. The lowest BCUT2D eigenvalue weighted by molar-refractivity contribution is 0.0734. The van der Waals surface area contributed by atoms with Gasteiger partial charge in [0.05, 0.1) is 18.2 Å². The highest BCUT2D eigenvalue weighted by Gasteiger charge is 2.28. The molecule has 3 aromatic rings. The van der Waals surface area contributed by atoms with Gasteiger partial charge in [0.25, 0.3) is 0 Å². The lowest BCUT2D eigenvalue weighted by Crippen LogP contribution is -2.08. The molecule has 0 atom stereocenters. The minimum absolute atomic E-state index is 0.121. The van der Waals surface area contributed by atoms with E-state index < -0.39 is 5.97 Å². The molecule has 7 nitrogen and oxygen atoms in total. The number of carbonyl (C=O) groups excluding carboxylic acids is 2. The Morgan fingerprint density at radius 3 is 2.48 bits per heavy atom. The van der Waals surface area contributed by atoms with Gasteiger partial charge in [0.2, 0.25) is 12.6 Å². The van der Waals surface area contributed by atoms with Crippen molar-refractivity contribution in [2.45, 2.75) is 0 Å². The molecule has 0 bridgehead atoms. The Hall–Kier alpha value is -4.26. The Morgan fingerprint density at radius 1 is 0.903 bits per heavy atom. The number of Topliss-reactive ketones (excluding diaryl/α,β-unsaturated/α-hetero) is 1. The van der Waals surface area contributed by atoms with Crippen LogP contribution in [0.25, 0.3) is 6.08 Å². The van der Waals surface area contributed by atoms with E-state index in [9.17, 15) is 9.59 Å². The van der Waals surface area contributed by atoms with Gasteiger partial charge in [-0.25, -0.2) is 4.79 Å². The summed E-state index contributed by atoms with van der Waals surface area (Å²) in [6.45, 7) is 0.121. The number of allylic oxidation sites excluding steroid dienone is 1. The first-order valence-corrected chi connectivity index (χ1v) is 9.45. The van der Waals surface area contributed by atoms with Crippen molar-refractivity contribution in [1.29, 1.82) is 0 Å². The summed E-state index contributed by atoms with van der Waals surface area (Å²) in [6, 6.07) is 16.7. The predicted octanol–water partition coefficient (Wildman–Crippen LogP) is 4.26. The van der Waals surface area contributed by atoms with E-state index in [0.29, 0.717) is 28.4 Å². The monoisotopic (exact) mass is 416 g/mol. The van der Waals surface area contributed by atoms with Crippen LogP contribution in [0.3, 0.4) is 0 Å². The highest BCUT2D eigenvalue weighted by molar-refractivity contribution is 6.14. The second kappa shape index (κ2) is 7.53. The predicted molar refractivity (Wildman–Crippen MR) is 110 cm³/mol. The third-order valence-electron chi connectivity index (χ3n) is 4.87. The minimum atomic E-state index is -0.559. The van der Waals surface area contributed by atoms with Crippen molar-refractivity contribution in [2.24, 2.45) is 0 Å². The lowest BCUT2D eigenvalue weighted by Gasteiger charge is -2.06. The Bertz CT molecular complexity index is 1230. The zero-order chi connectivity index (χ0) is 21.4. The van der Waals surface area contributed by atoms with Crippen molar-refractivity contribution >= 4 is 17.8 Å². The molecule has 0 saturated carbocycles. The number of carbonyl (C=O) groups is 2. The molecule has 0 aliphatic carbocycles. The molecule has 2 heterocycles. The standard InChI is InChI=1S/C24H16O7/c1-27-16-5-2-14(3-6-16)10-22-23(25)18-8-7-17(12-20(18)31-22)30-24(26)15-4-9-19-21(11-15)29-13-28-19/h2-12H,13H2,1H3. The number of ether oxygens (including phenoxy) is 5. The number of esters is 1. The SMILES string of the molecule is COc1ccc(C=C2Oc3cc(OC(=O)c4ccc5c(c4)OCO5)ccc3C2=O)cc1. The summed E-state index contributed by atoms with van der Waals surface area (Å²) in [5.41, 5.74) is 1.52. The maximum absolute atomic E-state index is 12.6. The van der Waals surface area contributed by atoms with Gasteiger partial charge in [-0.1, -0.05) is 12.1 Å². The molecule has 0 N–H and O–H groups in total. The zero-order valence-electron chi connectivity index (χ0n) is 16.4. The third-order valence-corrected chi connectivity index (χ3v) is 4.87. The van der Waals surface area contributed by atoms with Crippen LogP contribution in [0.1, 0.15) is 26.3 Å². The lowest BCUT2D eigenvalue weighted by atomic mass is 10.1. The third kappa shape index (κ3) is 3.57. The van der Waals surface area contributed by atoms with E-state index in [1.807, 2.05) is 12.1 Å². The topological polar surface area (TPSA) is 80.3 Å². The fourth-order valence-electron chi connectivity index (χ4n) is 3.27. The Balaban J connectivity index is 1.34. The summed E-state index contributed by atoms with van der Waals surface area (Å²) < 4.78 is 26.8. The first kappa shape index (κ1) is 18.7. The highest BCUT2D eigenvalue weighted by Crippen LogP contribution is 2.36. The average Bonchev–Trinajstić information content (AvgIpc) is 3.38. The second-order valence-corrected chi connectivity index (χ2v) is 6.83. The molecule has 0 radical (unpaired) electrons. The van der Waals surface area contributed by atoms with Crippen LogP contribution < -0.4 is 23.7 Å². The summed E-state index contributed by atoms with van der Waals surface area (Å²) in [5, 5.41) is 0. The van der Waals surface area contributed by atoms with E-state index in [1.54, 1.807) is 55.7 Å². The summed E-state index contributed by atoms with van der Waals surface area (Å²) in [5.74, 6) is 1.79. The number of hydrogen-bond donors (Lipinski definition) is 0. The smallest absolute Gasteiger partial charge is 0.343 e. The van der Waals surface area contributed by atoms with E-state index in [0.717, 1.165) is 11.3 Å². The molecule has 0 spiro atoms. The van der Waals surface area contributed by atoms with Gasteiger partial charge in [-0.15, -0.1) is 0 Å². The maximum atomic E-state index is 12.6. The molecular weight excluding hydrogens is 400 g/mol. The Kier molecular flexibility index (Phi) is 4.55. The summed E-state index contributed by atoms with van der Waals surface area (Å²) >= 11 is 0. The summed E-state index contributed by atoms with van der Waals surface area (Å²) in [6.07, 6.45) is 1.65. The fraction of sp³-hybridized carbons (Fsp3) is 0.0833. The van der Waals surface area contributed by atoms with Gasteiger partial charge in [-0.3, -0.25) is 4.79 Å². The van der Waals surface area contributed by atoms with E-state index in [1.165, 1.54) is 6.07 Å². The van der Waals surface area contributed by atoms with Crippen LogP contribution in [0.2, 0.25) is 0 Å². The van der Waals surface area contributed by atoms with Crippen LogP contribution in [0.5, 0.6) is 28.7 Å². The van der Waals surface area contributed by atoms with Crippen LogP contribution in [-0.2, 0) is 0 Å². The van der Waals surface area contributed by atoms with Gasteiger partial charge >= 0.3 is 5.97 Å². The fourth-order valence-corrected chi connectivity index (χ4v) is 3.27. The van der Waals surface area contributed by atoms with Gasteiger partial charge in [0.1, 0.15) is 17.2 Å². The summed E-state index contributed by atoms with van der Waals surface area (Å²) in [4.78, 5) is 25.1. The maximum Gasteiger partial charge on any atom is 0.343 e. The molecule has 0 fully saturated rings. The molecule has 2 aliphatic heterocycles. The van der Waals surface area contributed by atoms with E-state index >= 15 is 0 Å². The summed E-state index contributed by atoms with van der Waals surface area (Å²) in [7, 11) is 1.59. The van der Waals surface area contributed by atoms with Crippen LogP contribution in [0.4, 0.5) is 0 Å². The molecule has 3 aromatic carbocycles. The van der Waals surface area contributed by atoms with Crippen molar-refractivity contribution in [3.8, 4) is 28.7 Å². The van der Waals surface area contributed by atoms with Gasteiger partial charge in [-0.05, 0) is 54.1 Å². The average molecular weight is 416 g/mol. The van der Waals surface area contributed by atoms with Crippen LogP contribution in [0.15, 0.2) is 66.4 Å². The van der Waals surface area contributed by atoms with Crippen LogP contribution in [0, 0.1) is 0 Å². The zero-order valence-corrected chi connectivity index (χ0v) is 16.4. The van der Waals surface area contributed by atoms with Gasteiger partial charge in [0, 0.05) is 6.07 Å². The molecule has 31 heavy (non-hydrogen) atoms. The number of fused-ring (bicyclic) bond motifs is 2. The van der Waals surface area contributed by atoms with Crippen molar-refractivity contribution in [1.82, 2.24) is 0 Å². The first-order chi connectivity index (χ1) is 15.1. The number of ketones is 1. The molecular formula is C24H16O7.